The smallest absolute Gasteiger partial charge is 0.0547 e. The highest BCUT2D eigenvalue weighted by Gasteiger charge is 2.03. The van der Waals surface area contributed by atoms with E-state index in [2.05, 4.69) is 6.92 Å². The van der Waals surface area contributed by atoms with E-state index in [1.807, 2.05) is 6.92 Å². The maximum Gasteiger partial charge on any atom is 0.0547 e. The molecule has 0 heterocycles. The van der Waals surface area contributed by atoms with E-state index in [0.717, 1.165) is 12.2 Å². The van der Waals surface area contributed by atoms with Gasteiger partial charge in [-0.1, -0.05) is 13.8 Å². The van der Waals surface area contributed by atoms with Crippen molar-refractivity contribution in [3.63, 3.8) is 0 Å². The summed E-state index contributed by atoms with van der Waals surface area (Å²) in [5.74, 6) is 0.957. The van der Waals surface area contributed by atoms with Crippen molar-refractivity contribution in [1.82, 2.24) is 0 Å². The van der Waals surface area contributed by atoms with Crippen molar-refractivity contribution in [2.24, 2.45) is 5.73 Å². The molecule has 2 nitrogen and oxygen atoms in total. The third kappa shape index (κ3) is 5.09. The molecule has 0 saturated heterocycles. The summed E-state index contributed by atoms with van der Waals surface area (Å²) in [6, 6.07) is 0.291. The molecule has 3 N–H and O–H groups in total. The van der Waals surface area contributed by atoms with Crippen LogP contribution in [0.3, 0.4) is 0 Å². The first kappa shape index (κ1) is 10.3. The molecule has 2 unspecified atom stereocenters. The molecule has 0 saturated carbocycles. The highest BCUT2D eigenvalue weighted by atomic mass is 32.2. The molecule has 0 spiro atoms. The van der Waals surface area contributed by atoms with Crippen LogP contribution >= 0.6 is 11.8 Å². The zero-order chi connectivity index (χ0) is 7.98. The first-order valence-corrected chi connectivity index (χ1v) is 4.73. The summed E-state index contributed by atoms with van der Waals surface area (Å²) >= 11 is 1.73. The van der Waals surface area contributed by atoms with E-state index < -0.39 is 0 Å². The fraction of sp³-hybridized carbons (Fsp3) is 1.00. The van der Waals surface area contributed by atoms with Gasteiger partial charge in [0, 0.05) is 17.0 Å². The Morgan fingerprint density at radius 1 is 1.60 bits per heavy atom. The minimum Gasteiger partial charge on any atom is -0.395 e. The number of thioether (sulfide) groups is 1. The van der Waals surface area contributed by atoms with Gasteiger partial charge in [0.1, 0.15) is 0 Å². The molecule has 0 aliphatic rings. The molecule has 0 rings (SSSR count). The molecular weight excluding hydrogens is 146 g/mol. The van der Waals surface area contributed by atoms with Gasteiger partial charge in [-0.3, -0.25) is 0 Å². The summed E-state index contributed by atoms with van der Waals surface area (Å²) in [5, 5.41) is 8.99. The van der Waals surface area contributed by atoms with E-state index in [1.165, 1.54) is 0 Å². The largest absolute Gasteiger partial charge is 0.395 e. The predicted octanol–water partition coefficient (Wildman–Crippen LogP) is 0.838. The second kappa shape index (κ2) is 6.01. The van der Waals surface area contributed by atoms with Gasteiger partial charge in [-0.2, -0.15) is 11.8 Å². The second-order valence-corrected chi connectivity index (χ2v) is 3.97. The van der Waals surface area contributed by atoms with Crippen molar-refractivity contribution in [2.45, 2.75) is 31.6 Å². The van der Waals surface area contributed by atoms with Crippen LogP contribution in [0.2, 0.25) is 0 Å². The number of hydrogen-bond donors (Lipinski definition) is 2. The lowest BCUT2D eigenvalue weighted by Crippen LogP contribution is -2.23. The fourth-order valence-corrected chi connectivity index (χ4v) is 1.38. The van der Waals surface area contributed by atoms with Crippen molar-refractivity contribution in [2.75, 3.05) is 12.4 Å². The van der Waals surface area contributed by atoms with Crippen LogP contribution in [-0.2, 0) is 0 Å². The molecule has 2 atom stereocenters. The molecule has 0 radical (unpaired) electrons. The molecule has 0 aliphatic carbocycles. The topological polar surface area (TPSA) is 46.2 Å². The maximum absolute atomic E-state index is 8.66. The Kier molecular flexibility index (Phi) is 6.17. The lowest BCUT2D eigenvalue weighted by molar-refractivity contribution is 0.300. The lowest BCUT2D eigenvalue weighted by atomic mass is 10.3. The summed E-state index contributed by atoms with van der Waals surface area (Å²) < 4.78 is 0. The molecule has 62 valence electrons. The Balaban J connectivity index is 3.17. The van der Waals surface area contributed by atoms with Gasteiger partial charge in [0.05, 0.1) is 6.61 Å². The van der Waals surface area contributed by atoms with E-state index in [1.54, 1.807) is 11.8 Å². The average Bonchev–Trinajstić information content (AvgIpc) is 1.99. The van der Waals surface area contributed by atoms with E-state index in [9.17, 15) is 0 Å². The average molecular weight is 163 g/mol. The summed E-state index contributed by atoms with van der Waals surface area (Å²) in [5.41, 5.74) is 5.67. The van der Waals surface area contributed by atoms with Gasteiger partial charge in [-0.05, 0) is 6.42 Å². The number of aliphatic hydroxyl groups excluding tert-OH is 1. The standard InChI is InChI=1S/C7H17NOS/c1-3-7(8)5-10-6(2)4-9/h6-7,9H,3-5,8H2,1-2H3. The molecule has 0 fully saturated rings. The van der Waals surface area contributed by atoms with Crippen molar-refractivity contribution >= 4 is 11.8 Å². The Morgan fingerprint density at radius 3 is 2.60 bits per heavy atom. The zero-order valence-corrected chi connectivity index (χ0v) is 7.53. The molecule has 0 amide bonds. The highest BCUT2D eigenvalue weighted by molar-refractivity contribution is 7.99. The van der Waals surface area contributed by atoms with E-state index in [0.29, 0.717) is 11.3 Å². The van der Waals surface area contributed by atoms with Gasteiger partial charge in [0.25, 0.3) is 0 Å². The number of rotatable bonds is 5. The lowest BCUT2D eigenvalue weighted by Gasteiger charge is -2.11. The van der Waals surface area contributed by atoms with Crippen molar-refractivity contribution in [3.8, 4) is 0 Å². The van der Waals surface area contributed by atoms with Crippen LogP contribution in [0.15, 0.2) is 0 Å². The molecule has 10 heavy (non-hydrogen) atoms. The third-order valence-electron chi connectivity index (χ3n) is 1.38. The second-order valence-electron chi connectivity index (χ2n) is 2.49. The van der Waals surface area contributed by atoms with Gasteiger partial charge in [-0.25, -0.2) is 0 Å². The molecule has 0 aliphatic heterocycles. The van der Waals surface area contributed by atoms with Crippen LogP contribution in [-0.4, -0.2) is 28.8 Å². The van der Waals surface area contributed by atoms with Gasteiger partial charge >= 0.3 is 0 Å². The Morgan fingerprint density at radius 2 is 2.20 bits per heavy atom. The monoisotopic (exact) mass is 163 g/mol. The summed E-state index contributed by atoms with van der Waals surface area (Å²) in [6.45, 7) is 4.34. The van der Waals surface area contributed by atoms with Crippen molar-refractivity contribution < 1.29 is 5.11 Å². The van der Waals surface area contributed by atoms with E-state index in [4.69, 9.17) is 10.8 Å². The normalized spacial score (nSPS) is 16.8. The summed E-state index contributed by atoms with van der Waals surface area (Å²) in [4.78, 5) is 0. The quantitative estimate of drug-likeness (QED) is 0.631. The van der Waals surface area contributed by atoms with Crippen LogP contribution in [0.4, 0.5) is 0 Å². The minimum absolute atomic E-state index is 0.251. The first-order chi connectivity index (χ1) is 4.70. The maximum atomic E-state index is 8.66. The number of nitrogens with two attached hydrogens (primary N) is 1. The van der Waals surface area contributed by atoms with Gasteiger partial charge in [-0.15, -0.1) is 0 Å². The Hall–Kier alpha value is 0.270. The minimum atomic E-state index is 0.251. The number of hydrogen-bond acceptors (Lipinski definition) is 3. The number of aliphatic hydroxyl groups is 1. The van der Waals surface area contributed by atoms with Crippen LogP contribution in [0.25, 0.3) is 0 Å². The van der Waals surface area contributed by atoms with E-state index >= 15 is 0 Å². The Labute approximate surface area is 67.2 Å². The van der Waals surface area contributed by atoms with Crippen molar-refractivity contribution in [3.05, 3.63) is 0 Å². The highest BCUT2D eigenvalue weighted by Crippen LogP contribution is 2.10. The fourth-order valence-electron chi connectivity index (χ4n) is 0.458. The summed E-state index contributed by atoms with van der Waals surface area (Å²) in [7, 11) is 0. The SMILES string of the molecule is CCC(N)CSC(C)CO. The van der Waals surface area contributed by atoms with E-state index in [-0.39, 0.29) is 6.61 Å². The van der Waals surface area contributed by atoms with Crippen LogP contribution in [0, 0.1) is 0 Å². The molecule has 0 aromatic carbocycles. The van der Waals surface area contributed by atoms with Crippen molar-refractivity contribution in [1.29, 1.82) is 0 Å². The van der Waals surface area contributed by atoms with Gasteiger partial charge in [0.15, 0.2) is 0 Å². The molecule has 0 aromatic rings. The van der Waals surface area contributed by atoms with Gasteiger partial charge in [0.2, 0.25) is 0 Å². The predicted molar refractivity (Wildman–Crippen MR) is 47.3 cm³/mol. The molecular formula is C7H17NOS. The van der Waals surface area contributed by atoms with Gasteiger partial charge < -0.3 is 10.8 Å². The molecule has 0 bridgehead atoms. The molecule has 3 heteroatoms. The van der Waals surface area contributed by atoms with Crippen LogP contribution < -0.4 is 5.73 Å². The van der Waals surface area contributed by atoms with Crippen LogP contribution in [0.5, 0.6) is 0 Å². The zero-order valence-electron chi connectivity index (χ0n) is 6.71. The third-order valence-corrected chi connectivity index (χ3v) is 2.72. The molecule has 0 aromatic heterocycles. The first-order valence-electron chi connectivity index (χ1n) is 3.68. The Bertz CT molecular complexity index is 70.0. The van der Waals surface area contributed by atoms with Crippen LogP contribution in [0.1, 0.15) is 20.3 Å². The summed E-state index contributed by atoms with van der Waals surface area (Å²) in [6.07, 6.45) is 1.02.